The summed E-state index contributed by atoms with van der Waals surface area (Å²) in [6, 6.07) is 6.46. The normalized spacial score (nSPS) is 11.0. The Bertz CT molecular complexity index is 475. The Labute approximate surface area is 136 Å². The van der Waals surface area contributed by atoms with Gasteiger partial charge in [-0.05, 0) is 35.8 Å². The number of halogens is 1. The molecule has 0 fully saturated rings. The van der Waals surface area contributed by atoms with Crippen LogP contribution in [0.3, 0.4) is 0 Å². The number of carbonyl (C=O) groups is 1. The van der Waals surface area contributed by atoms with Crippen LogP contribution in [-0.4, -0.2) is 36.5 Å². The first-order valence-corrected chi connectivity index (χ1v) is 8.01. The molecule has 1 amide bonds. The maximum Gasteiger partial charge on any atom is 0.260 e. The molecule has 118 valence electrons. The van der Waals surface area contributed by atoms with E-state index in [4.69, 9.17) is 4.74 Å². The number of nitrogens with zero attached hydrogens (tertiary/aromatic N) is 1. The van der Waals surface area contributed by atoms with Gasteiger partial charge in [-0.1, -0.05) is 26.0 Å². The molecule has 0 unspecified atom stereocenters. The lowest BCUT2D eigenvalue weighted by Gasteiger charge is -2.22. The highest BCUT2D eigenvalue weighted by atomic mass is 79.9. The number of carbonyl (C=O) groups excluding carboxylic acids is 1. The standard InChI is InChI=1S/C16H25BrN2O2/c1-11(2)18-9-13-7-6-8-14(17)16(13)21-10-15(20)19(5)12(3)4/h6-8,11-12,18H,9-10H2,1-5H3. The number of amides is 1. The summed E-state index contributed by atoms with van der Waals surface area (Å²) in [5.74, 6) is 0.708. The molecule has 1 aromatic rings. The fraction of sp³-hybridized carbons (Fsp3) is 0.562. The third kappa shape index (κ3) is 5.67. The fourth-order valence-corrected chi connectivity index (χ4v) is 2.21. The van der Waals surface area contributed by atoms with Crippen molar-refractivity contribution in [3.63, 3.8) is 0 Å². The molecule has 0 aliphatic heterocycles. The van der Waals surface area contributed by atoms with E-state index < -0.39 is 0 Å². The molecule has 4 nitrogen and oxygen atoms in total. The molecular weight excluding hydrogens is 332 g/mol. The number of likely N-dealkylation sites (N-methyl/N-ethyl adjacent to an activating group) is 1. The lowest BCUT2D eigenvalue weighted by atomic mass is 10.2. The van der Waals surface area contributed by atoms with E-state index in [0.29, 0.717) is 12.6 Å². The number of hydrogen-bond donors (Lipinski definition) is 1. The first-order chi connectivity index (χ1) is 9.82. The van der Waals surface area contributed by atoms with E-state index in [-0.39, 0.29) is 18.6 Å². The Morgan fingerprint density at radius 1 is 1.33 bits per heavy atom. The zero-order chi connectivity index (χ0) is 16.0. The minimum Gasteiger partial charge on any atom is -0.482 e. The van der Waals surface area contributed by atoms with Gasteiger partial charge < -0.3 is 15.0 Å². The SMILES string of the molecule is CC(C)NCc1cccc(Br)c1OCC(=O)N(C)C(C)C. The average molecular weight is 357 g/mol. The third-order valence-electron chi connectivity index (χ3n) is 3.26. The summed E-state index contributed by atoms with van der Waals surface area (Å²) in [5, 5.41) is 3.36. The van der Waals surface area contributed by atoms with Crippen LogP contribution in [0.5, 0.6) is 5.75 Å². The van der Waals surface area contributed by atoms with E-state index >= 15 is 0 Å². The molecule has 0 aliphatic rings. The van der Waals surface area contributed by atoms with E-state index in [9.17, 15) is 4.79 Å². The van der Waals surface area contributed by atoms with E-state index in [1.165, 1.54) is 0 Å². The Hall–Kier alpha value is -1.07. The van der Waals surface area contributed by atoms with Gasteiger partial charge in [-0.15, -0.1) is 0 Å². The number of hydrogen-bond acceptors (Lipinski definition) is 3. The van der Waals surface area contributed by atoms with E-state index in [1.54, 1.807) is 11.9 Å². The van der Waals surface area contributed by atoms with Gasteiger partial charge >= 0.3 is 0 Å². The van der Waals surface area contributed by atoms with Crippen LogP contribution >= 0.6 is 15.9 Å². The van der Waals surface area contributed by atoms with Gasteiger partial charge in [0.15, 0.2) is 6.61 Å². The van der Waals surface area contributed by atoms with Crippen molar-refractivity contribution in [1.82, 2.24) is 10.2 Å². The van der Waals surface area contributed by atoms with E-state index in [1.807, 2.05) is 32.0 Å². The number of ether oxygens (including phenoxy) is 1. The number of nitrogens with one attached hydrogen (secondary N) is 1. The van der Waals surface area contributed by atoms with Gasteiger partial charge in [0.05, 0.1) is 4.47 Å². The van der Waals surface area contributed by atoms with Gasteiger partial charge in [0.2, 0.25) is 0 Å². The second kappa shape index (κ2) is 8.39. The summed E-state index contributed by atoms with van der Waals surface area (Å²) in [7, 11) is 1.79. The monoisotopic (exact) mass is 356 g/mol. The van der Waals surface area contributed by atoms with Gasteiger partial charge in [0.1, 0.15) is 5.75 Å². The van der Waals surface area contributed by atoms with Crippen LogP contribution in [0, 0.1) is 0 Å². The number of benzene rings is 1. The molecule has 1 rings (SSSR count). The van der Waals surface area contributed by atoms with E-state index in [0.717, 1.165) is 15.8 Å². The summed E-state index contributed by atoms with van der Waals surface area (Å²) in [4.78, 5) is 13.7. The Kier molecular flexibility index (Phi) is 7.18. The van der Waals surface area contributed by atoms with Crippen LogP contribution in [-0.2, 0) is 11.3 Å². The molecule has 0 atom stereocenters. The predicted molar refractivity (Wildman–Crippen MR) is 89.5 cm³/mol. The van der Waals surface area contributed by atoms with E-state index in [2.05, 4.69) is 35.1 Å². The third-order valence-corrected chi connectivity index (χ3v) is 3.88. The Morgan fingerprint density at radius 3 is 2.57 bits per heavy atom. The zero-order valence-electron chi connectivity index (χ0n) is 13.4. The van der Waals surface area contributed by atoms with Crippen LogP contribution in [0.25, 0.3) is 0 Å². The second-order valence-corrected chi connectivity index (χ2v) is 6.51. The van der Waals surface area contributed by atoms with Crippen LogP contribution in [0.2, 0.25) is 0 Å². The predicted octanol–water partition coefficient (Wildman–Crippen LogP) is 3.19. The molecule has 0 aromatic heterocycles. The largest absolute Gasteiger partial charge is 0.482 e. The minimum absolute atomic E-state index is 0.0245. The quantitative estimate of drug-likeness (QED) is 0.815. The van der Waals surface area contributed by atoms with Gasteiger partial charge in [-0.3, -0.25) is 4.79 Å². The second-order valence-electron chi connectivity index (χ2n) is 5.65. The molecule has 0 saturated carbocycles. The minimum atomic E-state index is -0.0245. The number of rotatable bonds is 7. The van der Waals surface area contributed by atoms with Crippen molar-refractivity contribution in [3.05, 3.63) is 28.2 Å². The fourth-order valence-electron chi connectivity index (χ4n) is 1.69. The van der Waals surface area contributed by atoms with Gasteiger partial charge in [0, 0.05) is 31.2 Å². The first kappa shape index (κ1) is 18.0. The van der Waals surface area contributed by atoms with Crippen molar-refractivity contribution >= 4 is 21.8 Å². The van der Waals surface area contributed by atoms with Gasteiger partial charge in [-0.2, -0.15) is 0 Å². The summed E-state index contributed by atoms with van der Waals surface area (Å²) in [6.45, 7) is 8.91. The lowest BCUT2D eigenvalue weighted by molar-refractivity contribution is -0.133. The first-order valence-electron chi connectivity index (χ1n) is 7.22. The molecule has 0 radical (unpaired) electrons. The molecule has 0 spiro atoms. The van der Waals surface area contributed by atoms with Crippen molar-refractivity contribution in [3.8, 4) is 5.75 Å². The van der Waals surface area contributed by atoms with Crippen molar-refractivity contribution in [1.29, 1.82) is 0 Å². The van der Waals surface area contributed by atoms with Crippen molar-refractivity contribution in [2.24, 2.45) is 0 Å². The lowest BCUT2D eigenvalue weighted by Crippen LogP contribution is -2.36. The summed E-state index contributed by atoms with van der Waals surface area (Å²) in [6.07, 6.45) is 0. The molecule has 21 heavy (non-hydrogen) atoms. The van der Waals surface area contributed by atoms with Crippen LogP contribution in [0.1, 0.15) is 33.3 Å². The Morgan fingerprint density at radius 2 is 2.00 bits per heavy atom. The molecule has 0 heterocycles. The van der Waals surface area contributed by atoms with Gasteiger partial charge in [-0.25, -0.2) is 0 Å². The highest BCUT2D eigenvalue weighted by Crippen LogP contribution is 2.29. The summed E-state index contributed by atoms with van der Waals surface area (Å²) < 4.78 is 6.62. The summed E-state index contributed by atoms with van der Waals surface area (Å²) >= 11 is 3.49. The molecule has 1 N–H and O–H groups in total. The Balaban J connectivity index is 2.75. The molecule has 1 aromatic carbocycles. The summed E-state index contributed by atoms with van der Waals surface area (Å²) in [5.41, 5.74) is 1.04. The molecule has 0 aliphatic carbocycles. The van der Waals surface area contributed by atoms with Crippen LogP contribution in [0.15, 0.2) is 22.7 Å². The van der Waals surface area contributed by atoms with Crippen molar-refractivity contribution < 1.29 is 9.53 Å². The van der Waals surface area contributed by atoms with Crippen molar-refractivity contribution in [2.45, 2.75) is 46.3 Å². The average Bonchev–Trinajstić information content (AvgIpc) is 2.42. The van der Waals surface area contributed by atoms with Crippen LogP contribution < -0.4 is 10.1 Å². The zero-order valence-corrected chi connectivity index (χ0v) is 15.0. The number of para-hydroxylation sites is 1. The molecular formula is C16H25BrN2O2. The maximum atomic E-state index is 12.0. The van der Waals surface area contributed by atoms with Gasteiger partial charge in [0.25, 0.3) is 5.91 Å². The highest BCUT2D eigenvalue weighted by molar-refractivity contribution is 9.10. The molecule has 0 bridgehead atoms. The van der Waals surface area contributed by atoms with Crippen LogP contribution in [0.4, 0.5) is 0 Å². The van der Waals surface area contributed by atoms with Crippen molar-refractivity contribution in [2.75, 3.05) is 13.7 Å². The smallest absolute Gasteiger partial charge is 0.260 e. The molecule has 5 heteroatoms. The highest BCUT2D eigenvalue weighted by Gasteiger charge is 2.15. The maximum absolute atomic E-state index is 12.0. The topological polar surface area (TPSA) is 41.6 Å². The molecule has 0 saturated heterocycles.